The number of methoxy groups -OCH3 is 2. The number of halogens is 1. The van der Waals surface area contributed by atoms with Gasteiger partial charge in [-0.05, 0) is 24.6 Å². The fourth-order valence-corrected chi connectivity index (χ4v) is 1.95. The molecule has 1 rings (SSSR count). The predicted octanol–water partition coefficient (Wildman–Crippen LogP) is 2.07. The summed E-state index contributed by atoms with van der Waals surface area (Å²) >= 11 is 3.37. The van der Waals surface area contributed by atoms with E-state index in [1.807, 2.05) is 24.3 Å². The van der Waals surface area contributed by atoms with Gasteiger partial charge in [-0.3, -0.25) is 5.32 Å². The molecule has 0 saturated carbocycles. The summed E-state index contributed by atoms with van der Waals surface area (Å²) in [5, 5.41) is 3.17. The van der Waals surface area contributed by atoms with E-state index in [1.165, 1.54) is 7.11 Å². The Morgan fingerprint density at radius 1 is 1.33 bits per heavy atom. The number of esters is 1. The Morgan fingerprint density at radius 3 is 2.44 bits per heavy atom. The molecule has 1 aromatic carbocycles. The van der Waals surface area contributed by atoms with Crippen LogP contribution in [0, 0.1) is 0 Å². The zero-order valence-electron chi connectivity index (χ0n) is 10.8. The Balaban J connectivity index is 2.96. The van der Waals surface area contributed by atoms with Gasteiger partial charge in [0.1, 0.15) is 5.54 Å². The molecule has 0 aliphatic rings. The zero-order chi connectivity index (χ0) is 13.6. The molecule has 1 aromatic rings. The summed E-state index contributed by atoms with van der Waals surface area (Å²) in [6, 6.07) is 7.57. The number of hydrogen-bond donors (Lipinski definition) is 1. The van der Waals surface area contributed by atoms with Crippen molar-refractivity contribution in [3.63, 3.8) is 0 Å². The van der Waals surface area contributed by atoms with Gasteiger partial charge >= 0.3 is 5.97 Å². The molecule has 0 heterocycles. The van der Waals surface area contributed by atoms with Crippen molar-refractivity contribution in [1.29, 1.82) is 0 Å². The summed E-state index contributed by atoms with van der Waals surface area (Å²) in [5.74, 6) is -0.319. The molecule has 0 aliphatic heterocycles. The van der Waals surface area contributed by atoms with Crippen LogP contribution in [0.3, 0.4) is 0 Å². The molecule has 0 radical (unpaired) electrons. The molecule has 5 heteroatoms. The van der Waals surface area contributed by atoms with E-state index >= 15 is 0 Å². The minimum Gasteiger partial charge on any atom is -0.467 e. The third kappa shape index (κ3) is 3.54. The number of rotatable bonds is 6. The molecule has 0 aromatic heterocycles. The Kier molecular flexibility index (Phi) is 5.78. The van der Waals surface area contributed by atoms with Gasteiger partial charge in [0.15, 0.2) is 0 Å². The monoisotopic (exact) mass is 315 g/mol. The largest absolute Gasteiger partial charge is 0.467 e. The Hall–Kier alpha value is -0.910. The van der Waals surface area contributed by atoms with E-state index in [9.17, 15) is 4.79 Å². The van der Waals surface area contributed by atoms with E-state index < -0.39 is 5.54 Å². The highest BCUT2D eigenvalue weighted by Crippen LogP contribution is 2.24. The van der Waals surface area contributed by atoms with Crippen molar-refractivity contribution < 1.29 is 14.3 Å². The highest BCUT2D eigenvalue weighted by Gasteiger charge is 2.35. The fourth-order valence-electron chi connectivity index (χ4n) is 1.68. The van der Waals surface area contributed by atoms with Gasteiger partial charge in [0.25, 0.3) is 0 Å². The fraction of sp³-hybridized carbons (Fsp3) is 0.462. The number of carbonyl (C=O) groups is 1. The molecule has 0 unspecified atom stereocenters. The maximum Gasteiger partial charge on any atom is 0.330 e. The van der Waals surface area contributed by atoms with Gasteiger partial charge in [-0.1, -0.05) is 28.1 Å². The second-order valence-electron chi connectivity index (χ2n) is 4.04. The number of ether oxygens (including phenoxy) is 2. The standard InChI is InChI=1S/C13H18BrNO3/c1-13(12(16)18-3,15-8-9-17-2)10-4-6-11(14)7-5-10/h4-7,15H,8-9H2,1-3H3/t13-/m0/s1. The molecule has 0 aliphatic carbocycles. The van der Waals surface area contributed by atoms with E-state index in [0.29, 0.717) is 13.2 Å². The Bertz CT molecular complexity index is 394. The smallest absolute Gasteiger partial charge is 0.330 e. The minimum absolute atomic E-state index is 0.319. The van der Waals surface area contributed by atoms with Gasteiger partial charge in [0.2, 0.25) is 0 Å². The van der Waals surface area contributed by atoms with Crippen LogP contribution in [-0.4, -0.2) is 33.3 Å². The van der Waals surface area contributed by atoms with Crippen molar-refractivity contribution in [2.75, 3.05) is 27.4 Å². The summed E-state index contributed by atoms with van der Waals surface area (Å²) in [6.07, 6.45) is 0. The lowest BCUT2D eigenvalue weighted by molar-refractivity contribution is -0.148. The quantitative estimate of drug-likeness (QED) is 0.645. The van der Waals surface area contributed by atoms with Gasteiger partial charge in [-0.2, -0.15) is 0 Å². The van der Waals surface area contributed by atoms with E-state index in [-0.39, 0.29) is 5.97 Å². The highest BCUT2D eigenvalue weighted by atomic mass is 79.9. The number of benzene rings is 1. The van der Waals surface area contributed by atoms with Crippen molar-refractivity contribution in [2.24, 2.45) is 0 Å². The first-order valence-electron chi connectivity index (χ1n) is 5.63. The van der Waals surface area contributed by atoms with E-state index in [4.69, 9.17) is 9.47 Å². The van der Waals surface area contributed by atoms with Crippen molar-refractivity contribution in [3.8, 4) is 0 Å². The van der Waals surface area contributed by atoms with Gasteiger partial charge in [0, 0.05) is 18.1 Å². The molecule has 0 bridgehead atoms. The Labute approximate surface area is 116 Å². The summed E-state index contributed by atoms with van der Waals surface area (Å²) in [6.45, 7) is 2.90. The van der Waals surface area contributed by atoms with Crippen molar-refractivity contribution in [1.82, 2.24) is 5.32 Å². The summed E-state index contributed by atoms with van der Waals surface area (Å²) < 4.78 is 10.8. The lowest BCUT2D eigenvalue weighted by atomic mass is 9.92. The van der Waals surface area contributed by atoms with Gasteiger partial charge < -0.3 is 9.47 Å². The molecule has 0 fully saturated rings. The van der Waals surface area contributed by atoms with Crippen LogP contribution >= 0.6 is 15.9 Å². The first-order valence-corrected chi connectivity index (χ1v) is 6.42. The summed E-state index contributed by atoms with van der Waals surface area (Å²) in [7, 11) is 3.01. The first-order chi connectivity index (χ1) is 8.54. The van der Waals surface area contributed by atoms with E-state index in [0.717, 1.165) is 10.0 Å². The number of nitrogens with one attached hydrogen (secondary N) is 1. The van der Waals surface area contributed by atoms with Crippen LogP contribution in [0.4, 0.5) is 0 Å². The molecule has 0 saturated heterocycles. The van der Waals surface area contributed by atoms with Gasteiger partial charge in [0.05, 0.1) is 13.7 Å². The van der Waals surface area contributed by atoms with Gasteiger partial charge in [-0.25, -0.2) is 4.79 Å². The summed E-state index contributed by atoms with van der Waals surface area (Å²) in [5.41, 5.74) is -0.0118. The second kappa shape index (κ2) is 6.87. The maximum absolute atomic E-state index is 12.0. The third-order valence-corrected chi connectivity index (χ3v) is 3.33. The molecule has 1 atom stereocenters. The van der Waals surface area contributed by atoms with Crippen LogP contribution in [0.2, 0.25) is 0 Å². The maximum atomic E-state index is 12.0. The average Bonchev–Trinajstić information content (AvgIpc) is 2.38. The third-order valence-electron chi connectivity index (χ3n) is 2.80. The topological polar surface area (TPSA) is 47.6 Å². The summed E-state index contributed by atoms with van der Waals surface area (Å²) in [4.78, 5) is 12.0. The predicted molar refractivity (Wildman–Crippen MR) is 73.4 cm³/mol. The van der Waals surface area contributed by atoms with E-state index in [1.54, 1.807) is 14.0 Å². The van der Waals surface area contributed by atoms with E-state index in [2.05, 4.69) is 21.2 Å². The molecule has 0 amide bonds. The number of hydrogen-bond acceptors (Lipinski definition) is 4. The number of carbonyl (C=O) groups excluding carboxylic acids is 1. The molecule has 1 N–H and O–H groups in total. The SMILES string of the molecule is COCCN[C@](C)(C(=O)OC)c1ccc(Br)cc1. The lowest BCUT2D eigenvalue weighted by Crippen LogP contribution is -2.48. The van der Waals surface area contributed by atoms with Crippen molar-refractivity contribution >= 4 is 21.9 Å². The Morgan fingerprint density at radius 2 is 1.94 bits per heavy atom. The van der Waals surface area contributed by atoms with Crippen LogP contribution in [0.5, 0.6) is 0 Å². The van der Waals surface area contributed by atoms with Crippen LogP contribution in [0.25, 0.3) is 0 Å². The zero-order valence-corrected chi connectivity index (χ0v) is 12.4. The molecular formula is C13H18BrNO3. The van der Waals surface area contributed by atoms with Crippen LogP contribution in [0.1, 0.15) is 12.5 Å². The normalized spacial score (nSPS) is 14.0. The first kappa shape index (κ1) is 15.1. The van der Waals surface area contributed by atoms with Crippen LogP contribution in [-0.2, 0) is 19.8 Å². The molecule has 0 spiro atoms. The molecule has 100 valence electrons. The van der Waals surface area contributed by atoms with Crippen LogP contribution in [0.15, 0.2) is 28.7 Å². The lowest BCUT2D eigenvalue weighted by Gasteiger charge is -2.28. The minimum atomic E-state index is -0.867. The molecule has 18 heavy (non-hydrogen) atoms. The molecule has 4 nitrogen and oxygen atoms in total. The van der Waals surface area contributed by atoms with Crippen LogP contribution < -0.4 is 5.32 Å². The average molecular weight is 316 g/mol. The van der Waals surface area contributed by atoms with Crippen molar-refractivity contribution in [2.45, 2.75) is 12.5 Å². The van der Waals surface area contributed by atoms with Crippen molar-refractivity contribution in [3.05, 3.63) is 34.3 Å². The molecular weight excluding hydrogens is 298 g/mol. The second-order valence-corrected chi connectivity index (χ2v) is 4.96. The highest BCUT2D eigenvalue weighted by molar-refractivity contribution is 9.10. The van der Waals surface area contributed by atoms with Gasteiger partial charge in [-0.15, -0.1) is 0 Å².